The number of carbonyl (C=O) groups is 1. The minimum absolute atomic E-state index is 0.121. The van der Waals surface area contributed by atoms with Crippen LogP contribution < -0.4 is 4.74 Å². The molecule has 1 N–H and O–H groups in total. The van der Waals surface area contributed by atoms with Crippen LogP contribution in [0, 0.1) is 11.8 Å². The van der Waals surface area contributed by atoms with Crippen LogP contribution in [0.4, 0.5) is 0 Å². The highest BCUT2D eigenvalue weighted by Gasteiger charge is 2.24. The number of rotatable bonds is 6. The van der Waals surface area contributed by atoms with Gasteiger partial charge in [-0.2, -0.15) is 0 Å². The zero-order valence-electron chi connectivity index (χ0n) is 11.6. The lowest BCUT2D eigenvalue weighted by molar-refractivity contribution is -0.142. The number of aliphatic carboxylic acids is 1. The van der Waals surface area contributed by atoms with E-state index in [0.29, 0.717) is 5.75 Å². The Morgan fingerprint density at radius 3 is 3.00 bits per heavy atom. The summed E-state index contributed by atoms with van der Waals surface area (Å²) in [6.07, 6.45) is 2.52. The average molecular weight is 354 g/mol. The third-order valence-electron chi connectivity index (χ3n) is 3.63. The maximum atomic E-state index is 10.8. The van der Waals surface area contributed by atoms with Crippen LogP contribution >= 0.6 is 15.9 Å². The van der Waals surface area contributed by atoms with E-state index in [9.17, 15) is 4.79 Å². The number of hydrogen-bond acceptors (Lipinski definition) is 4. The van der Waals surface area contributed by atoms with Gasteiger partial charge in [0.25, 0.3) is 0 Å². The number of benzene rings is 1. The lowest BCUT2D eigenvalue weighted by Gasteiger charge is -2.11. The fourth-order valence-corrected chi connectivity index (χ4v) is 2.59. The smallest absolute Gasteiger partial charge is 0.309 e. The molecule has 0 aliphatic heterocycles. The maximum absolute atomic E-state index is 10.8. The van der Waals surface area contributed by atoms with Crippen LogP contribution in [-0.2, 0) is 11.3 Å². The number of carboxylic acid groups (broad SMARTS) is 1. The van der Waals surface area contributed by atoms with Crippen LogP contribution in [-0.4, -0.2) is 32.7 Å². The van der Waals surface area contributed by atoms with Gasteiger partial charge >= 0.3 is 5.97 Å². The van der Waals surface area contributed by atoms with Gasteiger partial charge in [0.1, 0.15) is 17.9 Å². The van der Waals surface area contributed by atoms with E-state index in [1.165, 1.54) is 12.8 Å². The molecule has 0 radical (unpaired) electrons. The Hall–Kier alpha value is -1.63. The number of nitrogens with zero attached hydrogens (tertiary/aromatic N) is 3. The van der Waals surface area contributed by atoms with Gasteiger partial charge in [-0.25, -0.2) is 4.68 Å². The molecule has 2 aromatic rings. The summed E-state index contributed by atoms with van der Waals surface area (Å²) in [5, 5.41) is 17.3. The van der Waals surface area contributed by atoms with Crippen molar-refractivity contribution >= 4 is 32.9 Å². The number of carboxylic acids is 1. The molecule has 0 spiro atoms. The Bertz CT molecular complexity index is 681. The van der Waals surface area contributed by atoms with Crippen molar-refractivity contribution in [2.75, 3.05) is 6.61 Å². The molecule has 1 saturated carbocycles. The summed E-state index contributed by atoms with van der Waals surface area (Å²) in [6.45, 7) is 2.63. The quantitative estimate of drug-likeness (QED) is 0.863. The van der Waals surface area contributed by atoms with Crippen LogP contribution in [0.2, 0.25) is 0 Å². The molecule has 1 atom stereocenters. The van der Waals surface area contributed by atoms with E-state index < -0.39 is 11.9 Å². The van der Waals surface area contributed by atoms with Crippen molar-refractivity contribution in [2.45, 2.75) is 26.3 Å². The highest BCUT2D eigenvalue weighted by Crippen LogP contribution is 2.34. The molecule has 1 aliphatic carbocycles. The molecule has 3 rings (SSSR count). The lowest BCUT2D eigenvalue weighted by Crippen LogP contribution is -2.18. The van der Waals surface area contributed by atoms with Crippen LogP contribution in [0.15, 0.2) is 16.6 Å². The first-order valence-electron chi connectivity index (χ1n) is 6.93. The fraction of sp³-hybridized carbons (Fsp3) is 0.500. The Morgan fingerprint density at radius 2 is 2.33 bits per heavy atom. The zero-order chi connectivity index (χ0) is 15.0. The van der Waals surface area contributed by atoms with Gasteiger partial charge in [-0.3, -0.25) is 4.79 Å². The van der Waals surface area contributed by atoms with E-state index in [4.69, 9.17) is 9.84 Å². The zero-order valence-corrected chi connectivity index (χ0v) is 13.2. The standard InChI is InChI=1S/C14H16BrN3O3/c1-8(14(19)20)7-21-11-5-4-10-13(12(11)15)16-17-18(10)6-9-2-3-9/h4-5,8-9H,2-3,6-7H2,1H3,(H,19,20)/t8-/m0/s1. The summed E-state index contributed by atoms with van der Waals surface area (Å²) in [5.74, 6) is -0.115. The van der Waals surface area contributed by atoms with Crippen LogP contribution in [0.3, 0.4) is 0 Å². The summed E-state index contributed by atoms with van der Waals surface area (Å²) in [6, 6.07) is 3.75. The van der Waals surface area contributed by atoms with Gasteiger partial charge in [0.15, 0.2) is 0 Å². The molecule has 0 saturated heterocycles. The van der Waals surface area contributed by atoms with E-state index in [0.717, 1.165) is 28.0 Å². The van der Waals surface area contributed by atoms with Crippen molar-refractivity contribution in [1.82, 2.24) is 15.0 Å². The first-order chi connectivity index (χ1) is 10.1. The molecule has 21 heavy (non-hydrogen) atoms. The molecule has 0 amide bonds. The highest BCUT2D eigenvalue weighted by atomic mass is 79.9. The number of halogens is 1. The Labute approximate surface area is 130 Å². The number of fused-ring (bicyclic) bond motifs is 1. The van der Waals surface area contributed by atoms with Gasteiger partial charge < -0.3 is 9.84 Å². The van der Waals surface area contributed by atoms with Gasteiger partial charge in [0, 0.05) is 6.54 Å². The van der Waals surface area contributed by atoms with Crippen LogP contribution in [0.25, 0.3) is 11.0 Å². The van der Waals surface area contributed by atoms with Crippen molar-refractivity contribution in [1.29, 1.82) is 0 Å². The summed E-state index contributed by atoms with van der Waals surface area (Å²) in [4.78, 5) is 10.8. The molecule has 7 heteroatoms. The van der Waals surface area contributed by atoms with Gasteiger partial charge in [-0.05, 0) is 53.7 Å². The topological polar surface area (TPSA) is 77.2 Å². The Kier molecular flexibility index (Phi) is 3.84. The van der Waals surface area contributed by atoms with E-state index >= 15 is 0 Å². The van der Waals surface area contributed by atoms with Gasteiger partial charge in [-0.15, -0.1) is 5.10 Å². The first kappa shape index (κ1) is 14.3. The molecule has 1 aliphatic rings. The van der Waals surface area contributed by atoms with Crippen molar-refractivity contribution < 1.29 is 14.6 Å². The number of hydrogen-bond donors (Lipinski definition) is 1. The molecular formula is C14H16BrN3O3. The summed E-state index contributed by atoms with van der Waals surface area (Å²) in [5.41, 5.74) is 1.71. The SMILES string of the molecule is C[C@@H](COc1ccc2c(nnn2CC2CC2)c1Br)C(=O)O. The van der Waals surface area contributed by atoms with Crippen LogP contribution in [0.1, 0.15) is 19.8 Å². The summed E-state index contributed by atoms with van der Waals surface area (Å²) >= 11 is 3.48. The largest absolute Gasteiger partial charge is 0.491 e. The van der Waals surface area contributed by atoms with Gasteiger partial charge in [0.05, 0.1) is 15.9 Å². The molecule has 1 aromatic heterocycles. The predicted octanol–water partition coefficient (Wildman–Crippen LogP) is 2.70. The van der Waals surface area contributed by atoms with Gasteiger partial charge in [-0.1, -0.05) is 5.21 Å². The third kappa shape index (κ3) is 3.02. The molecule has 112 valence electrons. The minimum Gasteiger partial charge on any atom is -0.491 e. The maximum Gasteiger partial charge on any atom is 0.309 e. The lowest BCUT2D eigenvalue weighted by atomic mass is 10.2. The summed E-state index contributed by atoms with van der Waals surface area (Å²) in [7, 11) is 0. The van der Waals surface area contributed by atoms with Crippen LogP contribution in [0.5, 0.6) is 5.75 Å². The van der Waals surface area contributed by atoms with Crippen molar-refractivity contribution in [3.63, 3.8) is 0 Å². The number of ether oxygens (including phenoxy) is 1. The average Bonchev–Trinajstić information content (AvgIpc) is 3.17. The molecule has 1 aromatic carbocycles. The first-order valence-corrected chi connectivity index (χ1v) is 7.73. The van der Waals surface area contributed by atoms with Crippen molar-refractivity contribution in [3.8, 4) is 5.75 Å². The Morgan fingerprint density at radius 1 is 1.57 bits per heavy atom. The normalized spacial score (nSPS) is 16.1. The van der Waals surface area contributed by atoms with E-state index in [2.05, 4.69) is 26.2 Å². The number of aromatic nitrogens is 3. The monoisotopic (exact) mass is 353 g/mol. The fourth-order valence-electron chi connectivity index (χ4n) is 2.06. The second-order valence-corrected chi connectivity index (χ2v) is 6.30. The molecule has 0 unspecified atom stereocenters. The summed E-state index contributed by atoms with van der Waals surface area (Å²) < 4.78 is 8.21. The molecule has 6 nitrogen and oxygen atoms in total. The van der Waals surface area contributed by atoms with E-state index in [1.807, 2.05) is 16.8 Å². The molecule has 1 heterocycles. The van der Waals surface area contributed by atoms with E-state index in [1.54, 1.807) is 6.92 Å². The molecule has 0 bridgehead atoms. The predicted molar refractivity (Wildman–Crippen MR) is 80.2 cm³/mol. The second-order valence-electron chi connectivity index (χ2n) is 5.51. The van der Waals surface area contributed by atoms with Crippen molar-refractivity contribution in [3.05, 3.63) is 16.6 Å². The third-order valence-corrected chi connectivity index (χ3v) is 4.40. The molecular weight excluding hydrogens is 338 g/mol. The van der Waals surface area contributed by atoms with E-state index in [-0.39, 0.29) is 6.61 Å². The minimum atomic E-state index is -0.873. The van der Waals surface area contributed by atoms with Gasteiger partial charge in [0.2, 0.25) is 0 Å². The van der Waals surface area contributed by atoms with Crippen molar-refractivity contribution in [2.24, 2.45) is 11.8 Å². The Balaban J connectivity index is 1.81. The molecule has 1 fully saturated rings. The second kappa shape index (κ2) is 5.63. The highest BCUT2D eigenvalue weighted by molar-refractivity contribution is 9.10.